The van der Waals surface area contributed by atoms with Gasteiger partial charge in [-0.05, 0) is 109 Å². The molecular weight excluding hydrogens is 477 g/mol. The normalized spacial score (nSPS) is 39.8. The van der Waals surface area contributed by atoms with Gasteiger partial charge < -0.3 is 8.85 Å². The number of carbonyl (C=O) groups excluding carboxylic acids is 1. The van der Waals surface area contributed by atoms with Gasteiger partial charge in [0.05, 0.1) is 12.2 Å². The van der Waals surface area contributed by atoms with Gasteiger partial charge in [-0.3, -0.25) is 4.79 Å². The summed E-state index contributed by atoms with van der Waals surface area (Å²) in [7, 11) is -3.83. The maximum Gasteiger partial charge on any atom is 0.192 e. The monoisotopic (exact) mass is 532 g/mol. The maximum absolute atomic E-state index is 12.3. The summed E-state index contributed by atoms with van der Waals surface area (Å²) in [4.78, 5) is 12.3. The number of hydrogen-bond donors (Lipinski definition) is 0. The number of carbonyl (C=O) groups is 1. The third kappa shape index (κ3) is 4.60. The van der Waals surface area contributed by atoms with Crippen LogP contribution in [0.1, 0.15) is 100 Å². The lowest BCUT2D eigenvalue weighted by atomic mass is 9.47. The average molecular weight is 533 g/mol. The van der Waals surface area contributed by atoms with Gasteiger partial charge in [0.25, 0.3) is 0 Å². The van der Waals surface area contributed by atoms with E-state index in [2.05, 4.69) is 81.6 Å². The zero-order valence-corrected chi connectivity index (χ0v) is 27.6. The summed E-state index contributed by atoms with van der Waals surface area (Å²) in [6.07, 6.45) is 10.2. The minimum Gasteiger partial charge on any atom is -0.414 e. The summed E-state index contributed by atoms with van der Waals surface area (Å²) >= 11 is 0. The summed E-state index contributed by atoms with van der Waals surface area (Å²) < 4.78 is 14.7. The van der Waals surface area contributed by atoms with Crippen molar-refractivity contribution in [3.8, 4) is 0 Å². The Morgan fingerprint density at radius 2 is 1.44 bits per heavy atom. The molecule has 4 rings (SSSR count). The Kier molecular flexibility index (Phi) is 7.10. The number of ketones is 1. The van der Waals surface area contributed by atoms with Crippen molar-refractivity contribution < 1.29 is 13.6 Å². The van der Waals surface area contributed by atoms with Crippen molar-refractivity contribution in [1.29, 1.82) is 0 Å². The fraction of sp³-hybridized carbons (Fsp3) is 0.903. The Bertz CT molecular complexity index is 908. The Morgan fingerprint density at radius 1 is 0.861 bits per heavy atom. The second-order valence-corrected chi connectivity index (χ2v) is 26.0. The third-order valence-corrected chi connectivity index (χ3v) is 21.3. The predicted molar refractivity (Wildman–Crippen MR) is 156 cm³/mol. The molecule has 0 aromatic rings. The van der Waals surface area contributed by atoms with Crippen molar-refractivity contribution in [2.75, 3.05) is 0 Å². The summed E-state index contributed by atoms with van der Waals surface area (Å²) in [5, 5.41) is 0.412. The van der Waals surface area contributed by atoms with Gasteiger partial charge in [-0.25, -0.2) is 0 Å². The van der Waals surface area contributed by atoms with Crippen LogP contribution in [0, 0.1) is 28.6 Å². The summed E-state index contributed by atoms with van der Waals surface area (Å²) in [5.74, 6) is 2.24. The molecule has 7 atom stereocenters. The van der Waals surface area contributed by atoms with E-state index in [0.29, 0.717) is 23.5 Å². The quantitative estimate of drug-likeness (QED) is 0.339. The molecule has 0 amide bonds. The molecule has 206 valence electrons. The van der Waals surface area contributed by atoms with Crippen LogP contribution in [0.25, 0.3) is 0 Å². The van der Waals surface area contributed by atoms with Crippen molar-refractivity contribution >= 4 is 22.4 Å². The highest BCUT2D eigenvalue weighted by Crippen LogP contribution is 2.67. The molecule has 0 saturated heterocycles. The maximum atomic E-state index is 12.3. The number of allylic oxidation sites excluding steroid dienone is 1. The summed E-state index contributed by atoms with van der Waals surface area (Å²) in [6.45, 7) is 29.0. The first-order chi connectivity index (χ1) is 16.2. The predicted octanol–water partition coefficient (Wildman–Crippen LogP) is 8.91. The molecule has 0 aliphatic heterocycles. The zero-order valence-electron chi connectivity index (χ0n) is 25.6. The van der Waals surface area contributed by atoms with Crippen molar-refractivity contribution in [2.45, 2.75) is 149 Å². The molecule has 0 radical (unpaired) electrons. The van der Waals surface area contributed by atoms with Crippen LogP contribution in [0.3, 0.4) is 0 Å². The summed E-state index contributed by atoms with van der Waals surface area (Å²) in [6, 6.07) is 0. The topological polar surface area (TPSA) is 35.5 Å². The molecule has 4 aliphatic rings. The molecule has 3 fully saturated rings. The highest BCUT2D eigenvalue weighted by Gasteiger charge is 2.64. The van der Waals surface area contributed by atoms with Gasteiger partial charge in [0.15, 0.2) is 22.4 Å². The first kappa shape index (κ1) is 28.8. The summed E-state index contributed by atoms with van der Waals surface area (Å²) in [5.41, 5.74) is 1.82. The molecule has 5 heteroatoms. The Morgan fingerprint density at radius 3 is 2.03 bits per heavy atom. The lowest BCUT2D eigenvalue weighted by Gasteiger charge is -2.59. The molecule has 4 aliphatic carbocycles. The minimum absolute atomic E-state index is 0.172. The molecule has 0 bridgehead atoms. The van der Waals surface area contributed by atoms with Crippen LogP contribution in [-0.4, -0.2) is 34.6 Å². The molecule has 0 N–H and O–H groups in total. The second-order valence-electron chi connectivity index (χ2n) is 16.5. The Labute approximate surface area is 224 Å². The van der Waals surface area contributed by atoms with Crippen LogP contribution in [0.5, 0.6) is 0 Å². The lowest BCUT2D eigenvalue weighted by Crippen LogP contribution is -2.55. The second kappa shape index (κ2) is 8.89. The van der Waals surface area contributed by atoms with Crippen molar-refractivity contribution in [1.82, 2.24) is 0 Å². The molecule has 0 unspecified atom stereocenters. The van der Waals surface area contributed by atoms with Gasteiger partial charge in [-0.15, -0.1) is 0 Å². The van der Waals surface area contributed by atoms with E-state index in [0.717, 1.165) is 25.7 Å². The zero-order chi connectivity index (χ0) is 27.1. The smallest absolute Gasteiger partial charge is 0.192 e. The Balaban J connectivity index is 1.72. The molecule has 0 heterocycles. The molecule has 3 saturated carbocycles. The number of rotatable bonds is 4. The largest absolute Gasteiger partial charge is 0.414 e. The van der Waals surface area contributed by atoms with Gasteiger partial charge in [-0.2, -0.15) is 0 Å². The van der Waals surface area contributed by atoms with Crippen LogP contribution in [0.4, 0.5) is 0 Å². The van der Waals surface area contributed by atoms with E-state index in [4.69, 9.17) is 8.85 Å². The average Bonchev–Trinajstić information content (AvgIpc) is 2.97. The van der Waals surface area contributed by atoms with Crippen LogP contribution < -0.4 is 0 Å². The molecule has 0 aromatic carbocycles. The van der Waals surface area contributed by atoms with Crippen LogP contribution in [0.15, 0.2) is 11.6 Å². The standard InChI is InChI=1S/C31H56O3Si2/c1-28(2,3)35(9,10)33-25-20-26(34-36(11,12)29(4,5)6)31(8)18-16-24-23(27(25)31)14-13-21-19-22(32)15-17-30(21,24)7/h19,23-27H,13-18,20H2,1-12H3/t23-,24+,25+,26+,27-,30+,31-/m0/s1. The SMILES string of the molecule is CC(C)(C)[Si](C)(C)O[C@@H]1C[C@@H](O[Si](C)(C)C(C)(C)C)[C@]2(C)CC[C@@H]3[C@H](CCC4=CC(=O)CC[C@]43C)[C@@H]12. The van der Waals surface area contributed by atoms with E-state index >= 15 is 0 Å². The van der Waals surface area contributed by atoms with Crippen LogP contribution in [-0.2, 0) is 13.6 Å². The highest BCUT2D eigenvalue weighted by atomic mass is 28.4. The lowest BCUT2D eigenvalue weighted by molar-refractivity contribution is -0.119. The highest BCUT2D eigenvalue weighted by molar-refractivity contribution is 6.74. The third-order valence-electron chi connectivity index (χ3n) is 12.3. The van der Waals surface area contributed by atoms with E-state index in [-0.39, 0.29) is 33.1 Å². The molecule has 0 aromatic heterocycles. The van der Waals surface area contributed by atoms with E-state index in [1.165, 1.54) is 24.8 Å². The van der Waals surface area contributed by atoms with E-state index in [1.807, 2.05) is 6.08 Å². The number of fused-ring (bicyclic) bond motifs is 5. The van der Waals surface area contributed by atoms with Crippen molar-refractivity contribution in [3.05, 3.63) is 11.6 Å². The number of hydrogen-bond acceptors (Lipinski definition) is 3. The minimum atomic E-state index is -1.92. The van der Waals surface area contributed by atoms with Crippen LogP contribution in [0.2, 0.25) is 36.3 Å². The van der Waals surface area contributed by atoms with Gasteiger partial charge in [-0.1, -0.05) is 61.0 Å². The first-order valence-corrected chi connectivity index (χ1v) is 20.6. The van der Waals surface area contributed by atoms with Gasteiger partial charge in [0.1, 0.15) is 0 Å². The fourth-order valence-electron chi connectivity index (χ4n) is 7.93. The molecule has 3 nitrogen and oxygen atoms in total. The Hall–Kier alpha value is -0.236. The molecule has 0 spiro atoms. The fourth-order valence-corrected chi connectivity index (χ4v) is 10.7. The van der Waals surface area contributed by atoms with Gasteiger partial charge >= 0.3 is 0 Å². The first-order valence-electron chi connectivity index (χ1n) is 14.8. The van der Waals surface area contributed by atoms with Gasteiger partial charge in [0, 0.05) is 6.42 Å². The van der Waals surface area contributed by atoms with E-state index in [9.17, 15) is 4.79 Å². The van der Waals surface area contributed by atoms with Gasteiger partial charge in [0.2, 0.25) is 0 Å². The van der Waals surface area contributed by atoms with Crippen molar-refractivity contribution in [3.63, 3.8) is 0 Å². The van der Waals surface area contributed by atoms with E-state index in [1.54, 1.807) is 0 Å². The van der Waals surface area contributed by atoms with Crippen molar-refractivity contribution in [2.24, 2.45) is 28.6 Å². The molecule has 36 heavy (non-hydrogen) atoms. The van der Waals surface area contributed by atoms with Crippen LogP contribution >= 0.6 is 0 Å². The van der Waals surface area contributed by atoms with E-state index < -0.39 is 16.6 Å². The molecular formula is C31H56O3Si2.